The molecule has 1 unspecified atom stereocenters. The first-order valence-corrected chi connectivity index (χ1v) is 5.83. The zero-order valence-electron chi connectivity index (χ0n) is 10.9. The summed E-state index contributed by atoms with van der Waals surface area (Å²) in [6.07, 6.45) is 5.56. The average Bonchev–Trinajstić information content (AvgIpc) is 2.88. The Balaban J connectivity index is 2.35. The molecule has 1 aromatic heterocycles. The smallest absolute Gasteiger partial charge is 0.244 e. The van der Waals surface area contributed by atoms with Gasteiger partial charge in [0.25, 0.3) is 0 Å². The molecule has 0 saturated carbocycles. The summed E-state index contributed by atoms with van der Waals surface area (Å²) < 4.78 is 10.4. The first kappa shape index (κ1) is 13.1. The summed E-state index contributed by atoms with van der Waals surface area (Å²) in [4.78, 5) is 4.26. The van der Waals surface area contributed by atoms with Crippen LogP contribution in [-0.2, 0) is 0 Å². The van der Waals surface area contributed by atoms with Crippen molar-refractivity contribution in [2.45, 2.75) is 19.4 Å². The maximum atomic E-state index is 5.82. The lowest BCUT2D eigenvalue weighted by Gasteiger charge is -2.05. The minimum atomic E-state index is -0.442. The van der Waals surface area contributed by atoms with Crippen LogP contribution in [-0.4, -0.2) is 17.3 Å². The molecule has 2 aromatic rings. The van der Waals surface area contributed by atoms with Crippen LogP contribution in [0.2, 0.25) is 0 Å². The molecule has 0 radical (unpaired) electrons. The Kier molecular flexibility index (Phi) is 3.83. The maximum Gasteiger partial charge on any atom is 0.244 e. The normalized spacial score (nSPS) is 11.9. The highest BCUT2D eigenvalue weighted by Gasteiger charge is 2.17. The van der Waals surface area contributed by atoms with Gasteiger partial charge in [-0.3, -0.25) is 0 Å². The van der Waals surface area contributed by atoms with Gasteiger partial charge in [0.15, 0.2) is 0 Å². The number of terminal acetylenes is 1. The molecule has 2 N–H and O–H groups in total. The van der Waals surface area contributed by atoms with E-state index in [1.807, 2.05) is 25.1 Å². The van der Waals surface area contributed by atoms with E-state index in [-0.39, 0.29) is 0 Å². The first-order chi connectivity index (χ1) is 9.15. The molecule has 0 aliphatic heterocycles. The van der Waals surface area contributed by atoms with Gasteiger partial charge in [-0.1, -0.05) is 11.2 Å². The minimum absolute atomic E-state index is 0.329. The van der Waals surface area contributed by atoms with Crippen molar-refractivity contribution in [3.63, 3.8) is 0 Å². The average molecular weight is 257 g/mol. The van der Waals surface area contributed by atoms with Crippen LogP contribution in [0, 0.1) is 19.3 Å². The van der Waals surface area contributed by atoms with E-state index in [0.717, 1.165) is 11.1 Å². The van der Waals surface area contributed by atoms with Gasteiger partial charge in [-0.15, -0.1) is 12.3 Å². The number of rotatable bonds is 4. The second kappa shape index (κ2) is 5.55. The quantitative estimate of drug-likeness (QED) is 0.849. The molecule has 0 fully saturated rings. The van der Waals surface area contributed by atoms with Crippen molar-refractivity contribution in [3.8, 4) is 29.5 Å². The van der Waals surface area contributed by atoms with E-state index >= 15 is 0 Å². The topological polar surface area (TPSA) is 74.2 Å². The minimum Gasteiger partial charge on any atom is -0.496 e. The van der Waals surface area contributed by atoms with Crippen LogP contribution in [0.15, 0.2) is 22.7 Å². The van der Waals surface area contributed by atoms with Crippen LogP contribution in [0.5, 0.6) is 5.75 Å². The fraction of sp³-hybridized carbons (Fsp3) is 0.286. The van der Waals surface area contributed by atoms with Gasteiger partial charge in [-0.05, 0) is 24.6 Å². The molecule has 1 atom stereocenters. The molecule has 0 spiro atoms. The molecule has 2 rings (SSSR count). The summed E-state index contributed by atoms with van der Waals surface area (Å²) in [5.74, 6) is 3.93. The number of benzene rings is 1. The Morgan fingerprint density at radius 2 is 2.32 bits per heavy atom. The van der Waals surface area contributed by atoms with Gasteiger partial charge >= 0.3 is 0 Å². The number of ether oxygens (including phenoxy) is 1. The Labute approximate surface area is 111 Å². The van der Waals surface area contributed by atoms with Gasteiger partial charge < -0.3 is 15.0 Å². The Morgan fingerprint density at radius 3 is 3.00 bits per heavy atom. The molecule has 1 aromatic carbocycles. The molecule has 5 nitrogen and oxygen atoms in total. The second-order valence-corrected chi connectivity index (χ2v) is 4.17. The van der Waals surface area contributed by atoms with Gasteiger partial charge in [-0.25, -0.2) is 0 Å². The number of nitrogens with zero attached hydrogens (tertiary/aromatic N) is 2. The van der Waals surface area contributed by atoms with E-state index in [2.05, 4.69) is 16.1 Å². The van der Waals surface area contributed by atoms with Crippen molar-refractivity contribution in [2.24, 2.45) is 5.73 Å². The van der Waals surface area contributed by atoms with Crippen LogP contribution in [0.4, 0.5) is 0 Å². The summed E-state index contributed by atoms with van der Waals surface area (Å²) in [6.45, 7) is 1.98. The van der Waals surface area contributed by atoms with Gasteiger partial charge in [0.2, 0.25) is 11.7 Å². The molecule has 5 heteroatoms. The number of methoxy groups -OCH3 is 1. The molecule has 19 heavy (non-hydrogen) atoms. The molecular weight excluding hydrogens is 242 g/mol. The zero-order valence-corrected chi connectivity index (χ0v) is 10.9. The fourth-order valence-corrected chi connectivity index (χ4v) is 1.69. The lowest BCUT2D eigenvalue weighted by Crippen LogP contribution is -2.09. The van der Waals surface area contributed by atoms with Crippen LogP contribution in [0.1, 0.15) is 23.9 Å². The predicted octanol–water partition coefficient (Wildman–Crippen LogP) is 2.08. The number of hydrogen-bond donors (Lipinski definition) is 1. The van der Waals surface area contributed by atoms with E-state index in [4.69, 9.17) is 21.4 Å². The standard InChI is InChI=1S/C14H15N3O2/c1-4-5-11(15)14-16-13(17-19-14)10-7-6-9(2)8-12(10)18-3/h1,6-8,11H,5,15H2,2-3H3. The number of hydrogen-bond acceptors (Lipinski definition) is 5. The number of nitrogens with two attached hydrogens (primary N) is 1. The lowest BCUT2D eigenvalue weighted by atomic mass is 10.1. The largest absolute Gasteiger partial charge is 0.496 e. The lowest BCUT2D eigenvalue weighted by molar-refractivity contribution is 0.356. The highest BCUT2D eigenvalue weighted by atomic mass is 16.5. The first-order valence-electron chi connectivity index (χ1n) is 5.83. The van der Waals surface area contributed by atoms with Crippen LogP contribution >= 0.6 is 0 Å². The van der Waals surface area contributed by atoms with E-state index < -0.39 is 6.04 Å². The fourth-order valence-electron chi connectivity index (χ4n) is 1.69. The molecule has 0 saturated heterocycles. The van der Waals surface area contributed by atoms with E-state index in [0.29, 0.717) is 23.9 Å². The van der Waals surface area contributed by atoms with Crippen molar-refractivity contribution < 1.29 is 9.26 Å². The summed E-state index contributed by atoms with van der Waals surface area (Å²) in [5, 5.41) is 3.91. The second-order valence-electron chi connectivity index (χ2n) is 4.17. The molecule has 0 bridgehead atoms. The summed E-state index contributed by atoms with van der Waals surface area (Å²) >= 11 is 0. The van der Waals surface area contributed by atoms with E-state index in [1.165, 1.54) is 0 Å². The Bertz CT molecular complexity index is 613. The van der Waals surface area contributed by atoms with Gasteiger partial charge in [0.05, 0.1) is 18.7 Å². The van der Waals surface area contributed by atoms with Crippen molar-refractivity contribution in [1.29, 1.82) is 0 Å². The van der Waals surface area contributed by atoms with Gasteiger partial charge in [0, 0.05) is 6.42 Å². The predicted molar refractivity (Wildman–Crippen MR) is 71.4 cm³/mol. The number of aromatic nitrogens is 2. The molecular formula is C14H15N3O2. The van der Waals surface area contributed by atoms with Crippen molar-refractivity contribution in [3.05, 3.63) is 29.7 Å². The Morgan fingerprint density at radius 1 is 1.53 bits per heavy atom. The summed E-state index contributed by atoms with van der Waals surface area (Å²) in [5.41, 5.74) is 7.67. The van der Waals surface area contributed by atoms with Gasteiger partial charge in [0.1, 0.15) is 5.75 Å². The molecule has 0 amide bonds. The highest BCUT2D eigenvalue weighted by Crippen LogP contribution is 2.29. The SMILES string of the molecule is C#CCC(N)c1nc(-c2ccc(C)cc2OC)no1. The van der Waals surface area contributed by atoms with E-state index in [9.17, 15) is 0 Å². The zero-order chi connectivity index (χ0) is 13.8. The van der Waals surface area contributed by atoms with Crippen LogP contribution < -0.4 is 10.5 Å². The van der Waals surface area contributed by atoms with E-state index in [1.54, 1.807) is 7.11 Å². The maximum absolute atomic E-state index is 5.82. The van der Waals surface area contributed by atoms with Crippen LogP contribution in [0.3, 0.4) is 0 Å². The van der Waals surface area contributed by atoms with Crippen molar-refractivity contribution >= 4 is 0 Å². The van der Waals surface area contributed by atoms with Crippen LogP contribution in [0.25, 0.3) is 11.4 Å². The summed E-state index contributed by atoms with van der Waals surface area (Å²) in [7, 11) is 1.60. The monoisotopic (exact) mass is 257 g/mol. The molecule has 1 heterocycles. The van der Waals surface area contributed by atoms with Gasteiger partial charge in [-0.2, -0.15) is 4.98 Å². The van der Waals surface area contributed by atoms with Crippen molar-refractivity contribution in [1.82, 2.24) is 10.1 Å². The highest BCUT2D eigenvalue weighted by molar-refractivity contribution is 5.64. The molecule has 0 aliphatic rings. The third-order valence-electron chi connectivity index (χ3n) is 2.69. The third kappa shape index (κ3) is 2.75. The molecule has 0 aliphatic carbocycles. The molecule has 98 valence electrons. The number of aryl methyl sites for hydroxylation is 1. The third-order valence-corrected chi connectivity index (χ3v) is 2.69. The Hall–Kier alpha value is -2.32. The van der Waals surface area contributed by atoms with Crippen molar-refractivity contribution in [2.75, 3.05) is 7.11 Å². The summed E-state index contributed by atoms with van der Waals surface area (Å²) in [6, 6.07) is 5.31.